The number of carbonyl (C=O) groups is 2. The number of carbonyl (C=O) groups excluding carboxylic acids is 2. The zero-order valence-electron chi connectivity index (χ0n) is 11.1. The fourth-order valence-electron chi connectivity index (χ4n) is 1.70. The van der Waals surface area contributed by atoms with E-state index in [1.807, 2.05) is 30.3 Å². The molecule has 0 fully saturated rings. The normalized spacial score (nSPS) is 11.4. The fraction of sp³-hybridized carbons (Fsp3) is 0.333. The maximum absolute atomic E-state index is 11.9. The number of hydrogen-bond acceptors (Lipinski definition) is 3. The summed E-state index contributed by atoms with van der Waals surface area (Å²) in [4.78, 5) is 23.4. The van der Waals surface area contributed by atoms with E-state index in [1.54, 1.807) is 6.08 Å². The third-order valence-corrected chi connectivity index (χ3v) is 2.69. The second kappa shape index (κ2) is 8.08. The lowest BCUT2D eigenvalue weighted by molar-refractivity contribution is -0.145. The molecule has 0 radical (unpaired) electrons. The lowest BCUT2D eigenvalue weighted by Gasteiger charge is -2.15. The van der Waals surface area contributed by atoms with Crippen molar-refractivity contribution in [2.24, 2.45) is 0 Å². The van der Waals surface area contributed by atoms with Gasteiger partial charge in [0.05, 0.1) is 13.5 Å². The van der Waals surface area contributed by atoms with Gasteiger partial charge in [-0.1, -0.05) is 36.4 Å². The summed E-state index contributed by atoms with van der Waals surface area (Å²) >= 11 is 0. The third-order valence-electron chi connectivity index (χ3n) is 2.69. The van der Waals surface area contributed by atoms with Crippen LogP contribution in [0.2, 0.25) is 0 Å². The lowest BCUT2D eigenvalue weighted by Crippen LogP contribution is -2.42. The van der Waals surface area contributed by atoms with Crippen LogP contribution < -0.4 is 5.32 Å². The Hall–Kier alpha value is -2.10. The van der Waals surface area contributed by atoms with Crippen LogP contribution in [0, 0.1) is 0 Å². The molecule has 4 heteroatoms. The van der Waals surface area contributed by atoms with E-state index in [0.29, 0.717) is 12.8 Å². The third kappa shape index (κ3) is 5.38. The predicted octanol–water partition coefficient (Wildman–Crippen LogP) is 1.85. The molecule has 0 saturated heterocycles. The van der Waals surface area contributed by atoms with Crippen molar-refractivity contribution in [3.63, 3.8) is 0 Å². The number of rotatable bonds is 7. The second-order valence-corrected chi connectivity index (χ2v) is 4.17. The van der Waals surface area contributed by atoms with E-state index in [2.05, 4.69) is 16.6 Å². The molecule has 0 aliphatic rings. The molecular formula is C15H19NO3. The van der Waals surface area contributed by atoms with Crippen molar-refractivity contribution in [1.29, 1.82) is 0 Å². The molecule has 0 spiro atoms. The molecule has 0 unspecified atom stereocenters. The van der Waals surface area contributed by atoms with Crippen LogP contribution in [0.3, 0.4) is 0 Å². The fourth-order valence-corrected chi connectivity index (χ4v) is 1.70. The number of methoxy groups -OCH3 is 1. The summed E-state index contributed by atoms with van der Waals surface area (Å²) in [6.45, 7) is 3.60. The maximum Gasteiger partial charge on any atom is 0.328 e. The van der Waals surface area contributed by atoms with Gasteiger partial charge in [-0.05, 0) is 18.4 Å². The van der Waals surface area contributed by atoms with Gasteiger partial charge in [-0.2, -0.15) is 0 Å². The Balaban J connectivity index is 2.55. The molecule has 0 heterocycles. The first-order valence-corrected chi connectivity index (χ1v) is 6.19. The zero-order chi connectivity index (χ0) is 14.1. The zero-order valence-corrected chi connectivity index (χ0v) is 11.1. The average molecular weight is 261 g/mol. The molecule has 0 saturated carbocycles. The molecule has 0 bridgehead atoms. The number of ether oxygens (including phenoxy) is 1. The standard InChI is InChI=1S/C15H19NO3/c1-3-4-10-13(15(18)19-2)16-14(17)11-12-8-6-5-7-9-12/h3,5-9,13H,1,4,10-11H2,2H3,(H,16,17)/t13-/m1/s1. The van der Waals surface area contributed by atoms with Crippen LogP contribution in [0.1, 0.15) is 18.4 Å². The van der Waals surface area contributed by atoms with Crippen LogP contribution in [0.15, 0.2) is 43.0 Å². The molecule has 0 aliphatic heterocycles. The Morgan fingerprint density at radius 3 is 2.63 bits per heavy atom. The van der Waals surface area contributed by atoms with Gasteiger partial charge in [-0.15, -0.1) is 6.58 Å². The first kappa shape index (κ1) is 15.0. The summed E-state index contributed by atoms with van der Waals surface area (Å²) < 4.78 is 4.67. The molecular weight excluding hydrogens is 242 g/mol. The monoisotopic (exact) mass is 261 g/mol. The molecule has 1 N–H and O–H groups in total. The quantitative estimate of drug-likeness (QED) is 0.602. The minimum Gasteiger partial charge on any atom is -0.467 e. The first-order valence-electron chi connectivity index (χ1n) is 6.19. The molecule has 1 rings (SSSR count). The molecule has 1 aromatic carbocycles. The average Bonchev–Trinajstić information content (AvgIpc) is 2.43. The van der Waals surface area contributed by atoms with Crippen molar-refractivity contribution < 1.29 is 14.3 Å². The van der Waals surface area contributed by atoms with E-state index < -0.39 is 12.0 Å². The van der Waals surface area contributed by atoms with Gasteiger partial charge in [-0.3, -0.25) is 4.79 Å². The van der Waals surface area contributed by atoms with Crippen molar-refractivity contribution >= 4 is 11.9 Å². The number of benzene rings is 1. The van der Waals surface area contributed by atoms with E-state index in [4.69, 9.17) is 0 Å². The van der Waals surface area contributed by atoms with Crippen molar-refractivity contribution in [2.75, 3.05) is 7.11 Å². The molecule has 1 amide bonds. The highest BCUT2D eigenvalue weighted by Crippen LogP contribution is 2.03. The highest BCUT2D eigenvalue weighted by atomic mass is 16.5. The van der Waals surface area contributed by atoms with Crippen LogP contribution in [-0.2, 0) is 20.7 Å². The Morgan fingerprint density at radius 1 is 1.37 bits per heavy atom. The SMILES string of the molecule is C=CCC[C@@H](NC(=O)Cc1ccccc1)C(=O)OC. The van der Waals surface area contributed by atoms with Gasteiger partial charge >= 0.3 is 5.97 Å². The lowest BCUT2D eigenvalue weighted by atomic mass is 10.1. The van der Waals surface area contributed by atoms with Crippen LogP contribution >= 0.6 is 0 Å². The largest absolute Gasteiger partial charge is 0.467 e. The van der Waals surface area contributed by atoms with Crippen LogP contribution in [-0.4, -0.2) is 25.0 Å². The highest BCUT2D eigenvalue weighted by molar-refractivity contribution is 5.85. The van der Waals surface area contributed by atoms with Gasteiger partial charge < -0.3 is 10.1 Å². The molecule has 1 atom stereocenters. The number of esters is 1. The summed E-state index contributed by atoms with van der Waals surface area (Å²) in [6, 6.07) is 8.77. The van der Waals surface area contributed by atoms with E-state index in [0.717, 1.165) is 5.56 Å². The summed E-state index contributed by atoms with van der Waals surface area (Å²) in [5, 5.41) is 2.69. The summed E-state index contributed by atoms with van der Waals surface area (Å²) in [6.07, 6.45) is 3.10. The smallest absolute Gasteiger partial charge is 0.328 e. The maximum atomic E-state index is 11.9. The summed E-state index contributed by atoms with van der Waals surface area (Å²) in [7, 11) is 1.31. The predicted molar refractivity (Wildman–Crippen MR) is 73.5 cm³/mol. The van der Waals surface area contributed by atoms with Crippen LogP contribution in [0.25, 0.3) is 0 Å². The number of nitrogens with one attached hydrogen (secondary N) is 1. The molecule has 0 aromatic heterocycles. The Kier molecular flexibility index (Phi) is 6.36. The van der Waals surface area contributed by atoms with Crippen molar-refractivity contribution in [3.05, 3.63) is 48.6 Å². The highest BCUT2D eigenvalue weighted by Gasteiger charge is 2.20. The Morgan fingerprint density at radius 2 is 2.05 bits per heavy atom. The summed E-state index contributed by atoms with van der Waals surface area (Å²) in [5.74, 6) is -0.617. The second-order valence-electron chi connectivity index (χ2n) is 4.17. The van der Waals surface area contributed by atoms with E-state index in [-0.39, 0.29) is 12.3 Å². The van der Waals surface area contributed by atoms with Gasteiger partial charge in [0.25, 0.3) is 0 Å². The van der Waals surface area contributed by atoms with Crippen molar-refractivity contribution in [3.8, 4) is 0 Å². The van der Waals surface area contributed by atoms with Gasteiger partial charge in [-0.25, -0.2) is 4.79 Å². The molecule has 1 aromatic rings. The minimum atomic E-state index is -0.612. The molecule has 0 aliphatic carbocycles. The van der Waals surface area contributed by atoms with Crippen molar-refractivity contribution in [1.82, 2.24) is 5.32 Å². The van der Waals surface area contributed by atoms with Gasteiger partial charge in [0.1, 0.15) is 6.04 Å². The number of hydrogen-bond donors (Lipinski definition) is 1. The van der Waals surface area contributed by atoms with Gasteiger partial charge in [0.2, 0.25) is 5.91 Å². The minimum absolute atomic E-state index is 0.189. The van der Waals surface area contributed by atoms with E-state index in [9.17, 15) is 9.59 Å². The molecule has 19 heavy (non-hydrogen) atoms. The topological polar surface area (TPSA) is 55.4 Å². The molecule has 4 nitrogen and oxygen atoms in total. The number of amides is 1. The Labute approximate surface area is 113 Å². The molecule has 102 valence electrons. The van der Waals surface area contributed by atoms with Crippen LogP contribution in [0.4, 0.5) is 0 Å². The first-order chi connectivity index (χ1) is 9.17. The number of allylic oxidation sites excluding steroid dienone is 1. The van der Waals surface area contributed by atoms with E-state index in [1.165, 1.54) is 7.11 Å². The van der Waals surface area contributed by atoms with Gasteiger partial charge in [0, 0.05) is 0 Å². The van der Waals surface area contributed by atoms with Crippen LogP contribution in [0.5, 0.6) is 0 Å². The Bertz CT molecular complexity index is 428. The summed E-state index contributed by atoms with van der Waals surface area (Å²) in [5.41, 5.74) is 0.910. The van der Waals surface area contributed by atoms with Gasteiger partial charge in [0.15, 0.2) is 0 Å². The van der Waals surface area contributed by atoms with E-state index >= 15 is 0 Å². The van der Waals surface area contributed by atoms with Crippen molar-refractivity contribution in [2.45, 2.75) is 25.3 Å².